The number of amides is 1. The van der Waals surface area contributed by atoms with Crippen LogP contribution in [0.25, 0.3) is 0 Å². The topological polar surface area (TPSA) is 55.4 Å². The number of rotatable bonds is 8. The van der Waals surface area contributed by atoms with E-state index in [1.165, 1.54) is 0 Å². The average Bonchev–Trinajstić information content (AvgIpc) is 2.26. The van der Waals surface area contributed by atoms with Crippen LogP contribution in [0.2, 0.25) is 0 Å². The molecule has 0 aliphatic heterocycles. The maximum absolute atomic E-state index is 11.6. The van der Waals surface area contributed by atoms with Crippen molar-refractivity contribution in [2.45, 2.75) is 59.1 Å². The first kappa shape index (κ1) is 17.8. The molecule has 110 valence electrons. The minimum absolute atomic E-state index is 0.148. The van der Waals surface area contributed by atoms with Crippen molar-refractivity contribution in [1.29, 1.82) is 0 Å². The summed E-state index contributed by atoms with van der Waals surface area (Å²) in [6, 6.07) is 0. The summed E-state index contributed by atoms with van der Waals surface area (Å²) in [5.41, 5.74) is -0.365. The summed E-state index contributed by atoms with van der Waals surface area (Å²) in [6.07, 6.45) is 1.56. The Hall–Kier alpha value is -1.16. The van der Waals surface area contributed by atoms with E-state index in [0.29, 0.717) is 18.6 Å². The Morgan fingerprint density at radius 2 is 1.89 bits per heavy atom. The van der Waals surface area contributed by atoms with Crippen molar-refractivity contribution in [1.82, 2.24) is 5.32 Å². The van der Waals surface area contributed by atoms with Crippen molar-refractivity contribution < 1.29 is 14.3 Å². The molecule has 0 heterocycles. The van der Waals surface area contributed by atoms with Crippen molar-refractivity contribution >= 4 is 12.2 Å². The Kier molecular flexibility index (Phi) is 6.43. The fraction of sp³-hybridized carbons (Fsp3) is 0.733. The minimum Gasteiger partial charge on any atom is -0.375 e. The fourth-order valence-electron chi connectivity index (χ4n) is 1.34. The predicted octanol–water partition coefficient (Wildman–Crippen LogP) is 2.48. The first-order chi connectivity index (χ1) is 8.52. The smallest absolute Gasteiger partial charge is 0.246 e. The van der Waals surface area contributed by atoms with Gasteiger partial charge in [-0.25, -0.2) is 0 Å². The van der Waals surface area contributed by atoms with E-state index in [1.54, 1.807) is 6.92 Å². The molecule has 0 fully saturated rings. The van der Waals surface area contributed by atoms with Gasteiger partial charge in [0.2, 0.25) is 5.91 Å². The molecule has 0 saturated carbocycles. The molecule has 0 aliphatic rings. The normalized spacial score (nSPS) is 13.8. The van der Waals surface area contributed by atoms with E-state index in [4.69, 9.17) is 4.74 Å². The third-order valence-corrected chi connectivity index (χ3v) is 3.34. The zero-order valence-corrected chi connectivity index (χ0v) is 13.0. The van der Waals surface area contributed by atoms with Crippen LogP contribution in [-0.2, 0) is 14.3 Å². The van der Waals surface area contributed by atoms with Crippen LogP contribution >= 0.6 is 0 Å². The lowest BCUT2D eigenvalue weighted by Gasteiger charge is -2.32. The fourth-order valence-corrected chi connectivity index (χ4v) is 1.34. The van der Waals surface area contributed by atoms with Crippen LogP contribution in [-0.4, -0.2) is 29.9 Å². The van der Waals surface area contributed by atoms with Gasteiger partial charge in [-0.2, -0.15) is 0 Å². The van der Waals surface area contributed by atoms with E-state index >= 15 is 0 Å². The largest absolute Gasteiger partial charge is 0.375 e. The van der Waals surface area contributed by atoms with Crippen molar-refractivity contribution in [2.75, 3.05) is 6.61 Å². The van der Waals surface area contributed by atoms with Crippen LogP contribution in [0.3, 0.4) is 0 Å². The molecule has 4 nitrogen and oxygen atoms in total. The van der Waals surface area contributed by atoms with Gasteiger partial charge >= 0.3 is 0 Å². The van der Waals surface area contributed by atoms with Gasteiger partial charge in [-0.15, -0.1) is 0 Å². The van der Waals surface area contributed by atoms with Gasteiger partial charge in [0.05, 0.1) is 5.60 Å². The van der Waals surface area contributed by atoms with E-state index < -0.39 is 5.60 Å². The Bertz CT molecular complexity index is 345. The van der Waals surface area contributed by atoms with Crippen molar-refractivity contribution in [3.05, 3.63) is 12.2 Å². The maximum Gasteiger partial charge on any atom is 0.246 e. The Morgan fingerprint density at radius 1 is 1.37 bits per heavy atom. The summed E-state index contributed by atoms with van der Waals surface area (Å²) in [5.74, 6) is -0.314. The van der Waals surface area contributed by atoms with Crippen LogP contribution in [0.4, 0.5) is 0 Å². The highest BCUT2D eigenvalue weighted by Crippen LogP contribution is 2.21. The van der Waals surface area contributed by atoms with E-state index in [1.807, 2.05) is 34.6 Å². The van der Waals surface area contributed by atoms with Gasteiger partial charge in [0.15, 0.2) is 0 Å². The molecule has 0 spiro atoms. The number of carbonyl (C=O) groups excluding carboxylic acids is 2. The highest BCUT2D eigenvalue weighted by Gasteiger charge is 2.28. The van der Waals surface area contributed by atoms with Crippen molar-refractivity contribution in [3.63, 3.8) is 0 Å². The minimum atomic E-state index is -0.490. The number of nitrogens with one attached hydrogen (secondary N) is 1. The lowest BCUT2D eigenvalue weighted by Crippen LogP contribution is -2.45. The molecular formula is C15H27NO3. The molecule has 19 heavy (non-hydrogen) atoms. The van der Waals surface area contributed by atoms with Crippen LogP contribution in [0.1, 0.15) is 48.0 Å². The van der Waals surface area contributed by atoms with Crippen molar-refractivity contribution in [3.8, 4) is 0 Å². The molecule has 0 rings (SSSR count). The number of hydrogen-bond donors (Lipinski definition) is 1. The molecule has 0 bridgehead atoms. The van der Waals surface area contributed by atoms with E-state index in [0.717, 1.165) is 6.29 Å². The summed E-state index contributed by atoms with van der Waals surface area (Å²) in [7, 11) is 0. The number of carbonyl (C=O) groups is 2. The second kappa shape index (κ2) is 6.85. The highest BCUT2D eigenvalue weighted by atomic mass is 16.5. The summed E-state index contributed by atoms with van der Waals surface area (Å²) in [4.78, 5) is 22.4. The van der Waals surface area contributed by atoms with Gasteiger partial charge in [0, 0.05) is 23.6 Å². The van der Waals surface area contributed by atoms with Crippen LogP contribution < -0.4 is 5.32 Å². The molecule has 1 N–H and O–H groups in total. The quantitative estimate of drug-likeness (QED) is 0.544. The number of aldehydes is 1. The first-order valence-electron chi connectivity index (χ1n) is 6.59. The van der Waals surface area contributed by atoms with Gasteiger partial charge in [-0.3, -0.25) is 4.79 Å². The zero-order valence-electron chi connectivity index (χ0n) is 13.0. The van der Waals surface area contributed by atoms with Crippen molar-refractivity contribution in [2.24, 2.45) is 5.92 Å². The molecule has 0 unspecified atom stereocenters. The summed E-state index contributed by atoms with van der Waals surface area (Å²) in [5, 5.41) is 2.90. The summed E-state index contributed by atoms with van der Waals surface area (Å²) < 4.78 is 5.76. The molecule has 1 atom stereocenters. The van der Waals surface area contributed by atoms with Gasteiger partial charge in [-0.1, -0.05) is 13.5 Å². The van der Waals surface area contributed by atoms with E-state index in [9.17, 15) is 9.59 Å². The van der Waals surface area contributed by atoms with Gasteiger partial charge in [-0.05, 0) is 41.0 Å². The molecular weight excluding hydrogens is 242 g/mol. The Morgan fingerprint density at radius 3 is 2.32 bits per heavy atom. The molecule has 1 amide bonds. The molecule has 0 aromatic rings. The summed E-state index contributed by atoms with van der Waals surface area (Å²) >= 11 is 0. The second-order valence-corrected chi connectivity index (χ2v) is 6.25. The number of ether oxygens (including phenoxy) is 1. The molecule has 4 heteroatoms. The summed E-state index contributed by atoms with van der Waals surface area (Å²) in [6.45, 7) is 15.3. The second-order valence-electron chi connectivity index (χ2n) is 6.25. The third-order valence-electron chi connectivity index (χ3n) is 3.34. The average molecular weight is 269 g/mol. The van der Waals surface area contributed by atoms with Gasteiger partial charge in [0.1, 0.15) is 6.29 Å². The lowest BCUT2D eigenvalue weighted by molar-refractivity contribution is -0.122. The number of hydrogen-bond acceptors (Lipinski definition) is 3. The maximum atomic E-state index is 11.6. The predicted molar refractivity (Wildman–Crippen MR) is 76.9 cm³/mol. The molecule has 0 saturated heterocycles. The van der Waals surface area contributed by atoms with E-state index in [2.05, 4.69) is 11.9 Å². The third kappa shape index (κ3) is 6.53. The van der Waals surface area contributed by atoms with Crippen LogP contribution in [0.15, 0.2) is 12.2 Å². The SMILES string of the molecule is C=C(C)C(=O)NC(C)(C)CCOC(C)(C)[C@@H](C)C=O. The van der Waals surface area contributed by atoms with Gasteiger partial charge < -0.3 is 14.8 Å². The molecule has 0 aromatic heterocycles. The molecule has 0 aromatic carbocycles. The Balaban J connectivity index is 4.29. The Labute approximate surface area is 116 Å². The molecule has 0 radical (unpaired) electrons. The molecule has 0 aliphatic carbocycles. The zero-order chi connectivity index (χ0) is 15.3. The van der Waals surface area contributed by atoms with Crippen LogP contribution in [0, 0.1) is 5.92 Å². The standard InChI is InChI=1S/C15H27NO3/c1-11(2)13(18)16-14(4,5)8-9-19-15(6,7)12(3)10-17/h10,12H,1,8-9H2,2-7H3,(H,16,18)/t12-/m0/s1. The lowest BCUT2D eigenvalue weighted by atomic mass is 9.93. The first-order valence-corrected chi connectivity index (χ1v) is 6.59. The van der Waals surface area contributed by atoms with Crippen LogP contribution in [0.5, 0.6) is 0 Å². The van der Waals surface area contributed by atoms with Gasteiger partial charge in [0.25, 0.3) is 0 Å². The highest BCUT2D eigenvalue weighted by molar-refractivity contribution is 5.92. The van der Waals surface area contributed by atoms with E-state index in [-0.39, 0.29) is 17.4 Å². The monoisotopic (exact) mass is 269 g/mol.